The number of rotatable bonds is 9. The molecule has 0 spiro atoms. The molecular formula is C134H77N9O3S2. The molecule has 0 bridgehead atoms. The summed E-state index contributed by atoms with van der Waals surface area (Å²) in [4.78, 5) is 31.9. The van der Waals surface area contributed by atoms with Gasteiger partial charge in [0.2, 0.25) is 0 Å². The Bertz CT molecular complexity index is 11300. The second-order valence-electron chi connectivity index (χ2n) is 38.0. The Labute approximate surface area is 851 Å². The van der Waals surface area contributed by atoms with Crippen LogP contribution in [0.25, 0.3) is 311 Å². The van der Waals surface area contributed by atoms with Crippen molar-refractivity contribution in [2.45, 2.75) is 0 Å². The zero-order valence-electron chi connectivity index (χ0n) is 79.0. The molecule has 0 N–H and O–H groups in total. The lowest BCUT2D eigenvalue weighted by atomic mass is 9.99. The van der Waals surface area contributed by atoms with Crippen LogP contribution in [0.3, 0.4) is 0 Å². The van der Waals surface area contributed by atoms with Gasteiger partial charge >= 0.3 is 0 Å². The lowest BCUT2D eigenvalue weighted by Crippen LogP contribution is -1.96. The van der Waals surface area contributed by atoms with Crippen LogP contribution in [0.4, 0.5) is 0 Å². The van der Waals surface area contributed by atoms with E-state index in [1.54, 1.807) is 22.7 Å². The summed E-state index contributed by atoms with van der Waals surface area (Å²) in [5, 5.41) is 25.8. The summed E-state index contributed by atoms with van der Waals surface area (Å²) in [5.74, 6) is 2.11. The minimum atomic E-state index is 0.698. The summed E-state index contributed by atoms with van der Waals surface area (Å²) in [6.45, 7) is 0. The molecule has 0 aliphatic carbocycles. The number of para-hydroxylation sites is 7. The summed E-state index contributed by atoms with van der Waals surface area (Å²) >= 11 is 3.52. The Hall–Kier alpha value is -19.4. The van der Waals surface area contributed by atoms with E-state index < -0.39 is 0 Å². The molecule has 0 atom stereocenters. The van der Waals surface area contributed by atoms with Crippen LogP contribution in [0, 0.1) is 0 Å². The van der Waals surface area contributed by atoms with Crippen molar-refractivity contribution in [2.75, 3.05) is 0 Å². The quantitative estimate of drug-likeness (QED) is 0.139. The van der Waals surface area contributed by atoms with E-state index in [4.69, 9.17) is 43.2 Å². The maximum Gasteiger partial charge on any atom is 0.161 e. The summed E-state index contributed by atoms with van der Waals surface area (Å²) in [6, 6.07) is 165. The van der Waals surface area contributed by atoms with Gasteiger partial charge in [0, 0.05) is 157 Å². The summed E-state index contributed by atoms with van der Waals surface area (Å²) in [7, 11) is 0. The number of furan rings is 3. The highest BCUT2D eigenvalue weighted by atomic mass is 32.1. The van der Waals surface area contributed by atoms with E-state index in [0.717, 1.165) is 208 Å². The second-order valence-corrected chi connectivity index (χ2v) is 40.2. The van der Waals surface area contributed by atoms with Gasteiger partial charge in [-0.05, 0) is 160 Å². The number of hydrogen-bond donors (Lipinski definition) is 0. The number of aromatic nitrogens is 9. The first-order valence-corrected chi connectivity index (χ1v) is 51.4. The van der Waals surface area contributed by atoms with Crippen molar-refractivity contribution >= 4 is 249 Å². The lowest BCUT2D eigenvalue weighted by molar-refractivity contribution is 0.672. The van der Waals surface area contributed by atoms with Gasteiger partial charge in [0.05, 0.1) is 76.1 Å². The average Bonchev–Trinajstić information content (AvgIpc) is 1.50. The first kappa shape index (κ1) is 83.3. The number of hydrogen-bond acceptors (Lipinski definition) is 11. The maximum atomic E-state index is 6.70. The fourth-order valence-corrected chi connectivity index (χ4v) is 25.4. The second kappa shape index (κ2) is 33.1. The van der Waals surface area contributed by atoms with Gasteiger partial charge in [-0.3, -0.25) is 0 Å². The van der Waals surface area contributed by atoms with Crippen molar-refractivity contribution < 1.29 is 13.3 Å². The van der Waals surface area contributed by atoms with Gasteiger partial charge in [0.1, 0.15) is 33.5 Å². The molecule has 0 saturated carbocycles. The molecule has 11 heterocycles. The standard InChI is InChI=1S/C48H27N3OS.C44H25N3OS.C42H25N3O/c1-2-12-29-25-30(22-21-28(29)11-1)44-47-45(36-17-7-10-20-43(36)53-47)50-48(49-44)39-27-38-37-26-31(23-24-42(37)52-46(38)35-16-4-3-13-32(35)39)51-40-18-8-5-14-33(40)34-15-6-9-19-41(34)51;1-2-12-26(13-3-1)40-43-41(32-18-8-11-21-39(32)49-43)46-44(45-40)35-25-34-33-24-27(22-23-38(33)48-42(34)31-17-5-4-14-28(31)35)47-36-19-9-6-15-29(36)30-16-7-10-20-37(30)47;1-2-12-26(13-3-1)40-32-18-6-9-19-36(32)43-42(44-40)35-25-34-33-24-27(22-23-39(33)46-41(34)31-17-5-4-14-28(31)35)45-37-20-10-7-15-29(37)30-16-8-11-21-38(30)45/h1-27H;1-25H;1-25H. The van der Waals surface area contributed by atoms with Gasteiger partial charge in [0.25, 0.3) is 0 Å². The first-order valence-electron chi connectivity index (χ1n) is 49.7. The van der Waals surface area contributed by atoms with Crippen LogP contribution in [-0.4, -0.2) is 43.6 Å². The van der Waals surface area contributed by atoms with Gasteiger partial charge < -0.3 is 27.0 Å². The van der Waals surface area contributed by atoms with Crippen LogP contribution in [-0.2, 0) is 0 Å². The van der Waals surface area contributed by atoms with E-state index in [1.165, 1.54) is 85.6 Å². The third-order valence-electron chi connectivity index (χ3n) is 29.8. The van der Waals surface area contributed by atoms with Crippen LogP contribution in [0.1, 0.15) is 0 Å². The molecular weight excluding hydrogens is 1850 g/mol. The molecule has 14 heteroatoms. The molecule has 12 nitrogen and oxygen atoms in total. The smallest absolute Gasteiger partial charge is 0.161 e. The van der Waals surface area contributed by atoms with Crippen molar-refractivity contribution in [3.8, 4) is 85.0 Å². The Balaban J connectivity index is 0.000000101. The van der Waals surface area contributed by atoms with Crippen LogP contribution >= 0.6 is 22.7 Å². The average molecular weight is 1930 g/mol. The van der Waals surface area contributed by atoms with E-state index >= 15 is 0 Å². The highest BCUT2D eigenvalue weighted by Crippen LogP contribution is 2.50. The summed E-state index contributed by atoms with van der Waals surface area (Å²) in [5.41, 5.74) is 27.4. The molecule has 0 radical (unpaired) electrons. The number of thiophene rings is 2. The third kappa shape index (κ3) is 13.0. The zero-order chi connectivity index (χ0) is 96.9. The van der Waals surface area contributed by atoms with Crippen LogP contribution in [0.2, 0.25) is 0 Å². The fraction of sp³-hybridized carbons (Fsp3) is 0. The molecule has 22 aromatic carbocycles. The van der Waals surface area contributed by atoms with Crippen molar-refractivity contribution in [3.05, 3.63) is 467 Å². The van der Waals surface area contributed by atoms with Gasteiger partial charge in [-0.15, -0.1) is 22.7 Å². The topological polar surface area (TPSA) is 132 Å². The highest BCUT2D eigenvalue weighted by Gasteiger charge is 2.28. The third-order valence-corrected chi connectivity index (χ3v) is 32.1. The van der Waals surface area contributed by atoms with Crippen molar-refractivity contribution in [3.63, 3.8) is 0 Å². The first-order chi connectivity index (χ1) is 73.4. The Morgan fingerprint density at radius 2 is 0.480 bits per heavy atom. The molecule has 0 saturated heterocycles. The SMILES string of the molecule is c1ccc(-c2nc(-c3cc4c5cc(-n6c7ccccc7c7ccccc76)ccc5oc4c4ccccc34)nc3c2sc2ccccc23)cc1.c1ccc(-c2nc(-c3cc4c5cc(-n6c7ccccc7c7ccccc76)ccc5oc4c4ccccc34)nc3ccccc23)cc1.c1ccc2cc(-c3nc(-c4cc5c6cc(-n7c8ccccc8c8ccccc87)ccc6oc5c5ccccc45)nc4c3sc3ccccc34)ccc2c1. The van der Waals surface area contributed by atoms with Crippen molar-refractivity contribution in [2.24, 2.45) is 0 Å². The van der Waals surface area contributed by atoms with E-state index in [2.05, 4.69) is 457 Å². The largest absolute Gasteiger partial charge is 0.455 e. The zero-order valence-corrected chi connectivity index (χ0v) is 80.7. The fourth-order valence-electron chi connectivity index (χ4n) is 23.1. The molecule has 33 rings (SSSR count). The molecule has 0 aliphatic heterocycles. The minimum absolute atomic E-state index is 0.698. The molecule has 11 aromatic heterocycles. The normalized spacial score (nSPS) is 12.1. The van der Waals surface area contributed by atoms with Crippen LogP contribution in [0.5, 0.6) is 0 Å². The monoisotopic (exact) mass is 1920 g/mol. The summed E-state index contributed by atoms with van der Waals surface area (Å²) in [6.07, 6.45) is 0. The van der Waals surface area contributed by atoms with Gasteiger partial charge in [-0.2, -0.15) is 0 Å². The molecule has 0 amide bonds. The molecule has 0 fully saturated rings. The number of nitrogens with zero attached hydrogens (tertiary/aromatic N) is 9. The highest BCUT2D eigenvalue weighted by molar-refractivity contribution is 7.26. The van der Waals surface area contributed by atoms with Crippen LogP contribution < -0.4 is 0 Å². The van der Waals surface area contributed by atoms with Crippen LogP contribution in [0.15, 0.2) is 480 Å². The molecule has 688 valence electrons. The molecule has 33 aromatic rings. The Morgan fingerprint density at radius 1 is 0.182 bits per heavy atom. The van der Waals surface area contributed by atoms with Crippen molar-refractivity contribution in [1.82, 2.24) is 43.6 Å². The number of fused-ring (bicyclic) bond motifs is 32. The molecule has 0 aliphatic rings. The predicted molar refractivity (Wildman–Crippen MR) is 617 cm³/mol. The van der Waals surface area contributed by atoms with Crippen molar-refractivity contribution in [1.29, 1.82) is 0 Å². The summed E-state index contributed by atoms with van der Waals surface area (Å²) < 4.78 is 31.7. The Kier molecular flexibility index (Phi) is 18.6. The van der Waals surface area contributed by atoms with E-state index in [1.807, 2.05) is 24.3 Å². The Morgan fingerprint density at radius 3 is 0.872 bits per heavy atom. The predicted octanol–water partition coefficient (Wildman–Crippen LogP) is 36.9. The lowest BCUT2D eigenvalue weighted by Gasteiger charge is -2.11. The van der Waals surface area contributed by atoms with E-state index in [-0.39, 0.29) is 0 Å². The van der Waals surface area contributed by atoms with E-state index in [0.29, 0.717) is 17.5 Å². The van der Waals surface area contributed by atoms with E-state index in [9.17, 15) is 0 Å². The van der Waals surface area contributed by atoms with Gasteiger partial charge in [0.15, 0.2) is 17.5 Å². The molecule has 148 heavy (non-hydrogen) atoms. The minimum Gasteiger partial charge on any atom is -0.455 e. The molecule has 0 unspecified atom stereocenters. The van der Waals surface area contributed by atoms with Gasteiger partial charge in [-0.25, -0.2) is 29.9 Å². The number of benzene rings is 22. The van der Waals surface area contributed by atoms with Gasteiger partial charge in [-0.1, -0.05) is 334 Å². The maximum absolute atomic E-state index is 6.70.